The highest BCUT2D eigenvalue weighted by molar-refractivity contribution is 5.85. The van der Waals surface area contributed by atoms with Crippen LogP contribution < -0.4 is 10.1 Å². The molecule has 2 aliphatic rings. The van der Waals surface area contributed by atoms with Gasteiger partial charge in [0.2, 0.25) is 0 Å². The lowest BCUT2D eigenvalue weighted by Gasteiger charge is -2.37. The van der Waals surface area contributed by atoms with Gasteiger partial charge >= 0.3 is 0 Å². The Hall–Kier alpha value is -0.840. The molecule has 3 heterocycles. The average Bonchev–Trinajstić information content (AvgIpc) is 2.90. The van der Waals surface area contributed by atoms with Gasteiger partial charge in [-0.1, -0.05) is 6.92 Å². The van der Waals surface area contributed by atoms with Gasteiger partial charge in [-0.25, -0.2) is 0 Å². The van der Waals surface area contributed by atoms with Crippen LogP contribution in [0.5, 0.6) is 5.75 Å². The topological polar surface area (TPSA) is 37.4 Å². The molecule has 1 N–H and O–H groups in total. The molecule has 2 fully saturated rings. The average molecular weight is 326 g/mol. The fourth-order valence-corrected chi connectivity index (χ4v) is 3.50. The summed E-state index contributed by atoms with van der Waals surface area (Å²) in [5, 5.41) is 3.49. The highest BCUT2D eigenvalue weighted by Crippen LogP contribution is 2.28. The summed E-state index contributed by atoms with van der Waals surface area (Å²) in [4.78, 5) is 6.74. The number of ether oxygens (including phenoxy) is 1. The van der Waals surface area contributed by atoms with Crippen molar-refractivity contribution >= 4 is 12.4 Å². The quantitative estimate of drug-likeness (QED) is 0.923. The van der Waals surface area contributed by atoms with Crippen LogP contribution in [0.1, 0.15) is 31.7 Å². The van der Waals surface area contributed by atoms with Crippen molar-refractivity contribution in [2.75, 3.05) is 32.7 Å². The van der Waals surface area contributed by atoms with Crippen molar-refractivity contribution in [1.82, 2.24) is 15.2 Å². The van der Waals surface area contributed by atoms with Crippen molar-refractivity contribution in [1.29, 1.82) is 0 Å². The Balaban J connectivity index is 0.00000176. The number of likely N-dealkylation sites (tertiary alicyclic amines) is 1. The Morgan fingerprint density at radius 2 is 2.18 bits per heavy atom. The monoisotopic (exact) mass is 325 g/mol. The number of rotatable bonds is 4. The number of hydrogen-bond donors (Lipinski definition) is 1. The lowest BCUT2D eigenvalue weighted by atomic mass is 9.88. The molecule has 0 aliphatic carbocycles. The first-order valence-corrected chi connectivity index (χ1v) is 8.15. The molecule has 1 aromatic heterocycles. The van der Waals surface area contributed by atoms with Crippen LogP contribution in [0, 0.1) is 12.3 Å². The van der Waals surface area contributed by atoms with Crippen LogP contribution in [0.25, 0.3) is 0 Å². The van der Waals surface area contributed by atoms with Crippen molar-refractivity contribution in [2.24, 2.45) is 5.41 Å². The second-order valence-electron chi connectivity index (χ2n) is 6.97. The van der Waals surface area contributed by atoms with Gasteiger partial charge in [0.25, 0.3) is 0 Å². The zero-order valence-corrected chi connectivity index (χ0v) is 14.5. The molecule has 5 heteroatoms. The predicted octanol–water partition coefficient (Wildman–Crippen LogP) is 2.65. The molecule has 1 aromatic rings. The summed E-state index contributed by atoms with van der Waals surface area (Å²) < 4.78 is 6.15. The molecular weight excluding hydrogens is 298 g/mol. The first-order valence-electron chi connectivity index (χ1n) is 8.15. The SMILES string of the molecule is Cc1cnccc1OC1CCN(CC2(C)CCNC2)CC1.Cl. The second-order valence-corrected chi connectivity index (χ2v) is 6.97. The molecule has 1 atom stereocenters. The van der Waals surface area contributed by atoms with Crippen molar-refractivity contribution < 1.29 is 4.74 Å². The van der Waals surface area contributed by atoms with Crippen molar-refractivity contribution in [3.05, 3.63) is 24.0 Å². The molecule has 4 nitrogen and oxygen atoms in total. The van der Waals surface area contributed by atoms with Crippen LogP contribution in [-0.2, 0) is 0 Å². The number of nitrogens with zero attached hydrogens (tertiary/aromatic N) is 2. The van der Waals surface area contributed by atoms with Gasteiger partial charge in [0.15, 0.2) is 0 Å². The van der Waals surface area contributed by atoms with E-state index < -0.39 is 0 Å². The van der Waals surface area contributed by atoms with Gasteiger partial charge in [-0.2, -0.15) is 0 Å². The molecule has 124 valence electrons. The van der Waals surface area contributed by atoms with Gasteiger partial charge in [0, 0.05) is 44.1 Å². The standard InChI is InChI=1S/C17H27N3O.ClH/c1-14-11-18-7-3-16(14)21-15-4-9-20(10-5-15)13-17(2)6-8-19-12-17;/h3,7,11,15,19H,4-6,8-10,12-13H2,1-2H3;1H. The van der Waals surface area contributed by atoms with Crippen LogP contribution in [0.2, 0.25) is 0 Å². The van der Waals surface area contributed by atoms with Crippen LogP contribution in [-0.4, -0.2) is 48.7 Å². The molecule has 0 amide bonds. The van der Waals surface area contributed by atoms with E-state index in [1.807, 2.05) is 18.5 Å². The van der Waals surface area contributed by atoms with E-state index in [4.69, 9.17) is 4.74 Å². The molecule has 1 unspecified atom stereocenters. The third kappa shape index (κ3) is 4.34. The van der Waals surface area contributed by atoms with E-state index in [2.05, 4.69) is 29.0 Å². The Kier molecular flexibility index (Phi) is 6.07. The van der Waals surface area contributed by atoms with Crippen LogP contribution >= 0.6 is 12.4 Å². The van der Waals surface area contributed by atoms with E-state index >= 15 is 0 Å². The molecule has 0 aromatic carbocycles. The Labute approximate surface area is 140 Å². The summed E-state index contributed by atoms with van der Waals surface area (Å²) in [5.41, 5.74) is 1.60. The number of nitrogens with one attached hydrogen (secondary N) is 1. The van der Waals surface area contributed by atoms with Gasteiger partial charge in [0.1, 0.15) is 11.9 Å². The minimum Gasteiger partial charge on any atom is -0.490 e. The van der Waals surface area contributed by atoms with Crippen molar-refractivity contribution in [2.45, 2.75) is 39.2 Å². The van der Waals surface area contributed by atoms with E-state index in [1.165, 1.54) is 26.1 Å². The molecule has 0 radical (unpaired) electrons. The summed E-state index contributed by atoms with van der Waals surface area (Å²) in [7, 11) is 0. The number of aromatic nitrogens is 1. The lowest BCUT2D eigenvalue weighted by molar-refractivity contribution is 0.0771. The maximum atomic E-state index is 6.15. The molecule has 0 spiro atoms. The normalized spacial score (nSPS) is 26.6. The van der Waals surface area contributed by atoms with Gasteiger partial charge in [-0.15, -0.1) is 12.4 Å². The predicted molar refractivity (Wildman–Crippen MR) is 91.9 cm³/mol. The fourth-order valence-electron chi connectivity index (χ4n) is 3.50. The minimum atomic E-state index is 0. The number of hydrogen-bond acceptors (Lipinski definition) is 4. The molecule has 0 saturated carbocycles. The smallest absolute Gasteiger partial charge is 0.125 e. The summed E-state index contributed by atoms with van der Waals surface area (Å²) >= 11 is 0. The number of pyridine rings is 1. The number of halogens is 1. The maximum absolute atomic E-state index is 6.15. The minimum absolute atomic E-state index is 0. The van der Waals surface area contributed by atoms with Crippen LogP contribution in [0.3, 0.4) is 0 Å². The highest BCUT2D eigenvalue weighted by atomic mass is 35.5. The second kappa shape index (κ2) is 7.62. The van der Waals surface area contributed by atoms with Crippen LogP contribution in [0.15, 0.2) is 18.5 Å². The molecule has 2 saturated heterocycles. The molecular formula is C17H28ClN3O. The molecule has 3 rings (SSSR count). The molecule has 2 aliphatic heterocycles. The van der Waals surface area contributed by atoms with Crippen LogP contribution in [0.4, 0.5) is 0 Å². The lowest BCUT2D eigenvalue weighted by Crippen LogP contribution is -2.44. The van der Waals surface area contributed by atoms with Gasteiger partial charge < -0.3 is 15.0 Å². The Morgan fingerprint density at radius 3 is 2.82 bits per heavy atom. The fraction of sp³-hybridized carbons (Fsp3) is 0.706. The van der Waals surface area contributed by atoms with E-state index in [0.29, 0.717) is 11.5 Å². The number of piperidine rings is 1. The van der Waals surface area contributed by atoms with E-state index in [1.54, 1.807) is 0 Å². The zero-order valence-electron chi connectivity index (χ0n) is 13.7. The summed E-state index contributed by atoms with van der Waals surface area (Å²) in [6.07, 6.45) is 7.61. The van der Waals surface area contributed by atoms with Crippen molar-refractivity contribution in [3.63, 3.8) is 0 Å². The van der Waals surface area contributed by atoms with Gasteiger partial charge in [-0.05, 0) is 44.2 Å². The Bertz CT molecular complexity index is 469. The first-order chi connectivity index (χ1) is 10.1. The van der Waals surface area contributed by atoms with Gasteiger partial charge in [0.05, 0.1) is 0 Å². The number of aryl methyl sites for hydroxylation is 1. The highest BCUT2D eigenvalue weighted by Gasteiger charge is 2.32. The zero-order chi connectivity index (χ0) is 14.7. The summed E-state index contributed by atoms with van der Waals surface area (Å²) in [6.45, 7) is 10.4. The third-order valence-corrected chi connectivity index (χ3v) is 4.86. The molecule has 22 heavy (non-hydrogen) atoms. The van der Waals surface area contributed by atoms with E-state index in [-0.39, 0.29) is 12.4 Å². The summed E-state index contributed by atoms with van der Waals surface area (Å²) in [6, 6.07) is 1.98. The van der Waals surface area contributed by atoms with Gasteiger partial charge in [-0.3, -0.25) is 4.98 Å². The Morgan fingerprint density at radius 1 is 1.41 bits per heavy atom. The van der Waals surface area contributed by atoms with E-state index in [0.717, 1.165) is 37.2 Å². The first kappa shape index (κ1) is 17.5. The third-order valence-electron chi connectivity index (χ3n) is 4.86. The summed E-state index contributed by atoms with van der Waals surface area (Å²) in [5.74, 6) is 0.996. The van der Waals surface area contributed by atoms with Crippen molar-refractivity contribution in [3.8, 4) is 5.75 Å². The maximum Gasteiger partial charge on any atom is 0.125 e. The van der Waals surface area contributed by atoms with E-state index in [9.17, 15) is 0 Å². The largest absolute Gasteiger partial charge is 0.490 e. The molecule has 0 bridgehead atoms.